The van der Waals surface area contributed by atoms with Crippen molar-refractivity contribution in [1.82, 2.24) is 19.6 Å². The molecule has 3 heterocycles. The van der Waals surface area contributed by atoms with Crippen molar-refractivity contribution >= 4 is 22.5 Å². The first-order valence-electron chi connectivity index (χ1n) is 10.1. The van der Waals surface area contributed by atoms with Gasteiger partial charge in [0.1, 0.15) is 0 Å². The van der Waals surface area contributed by atoms with Crippen molar-refractivity contribution in [3.63, 3.8) is 0 Å². The second-order valence-corrected chi connectivity index (χ2v) is 8.15. The molecule has 0 saturated carbocycles. The van der Waals surface area contributed by atoms with Crippen LogP contribution in [0.3, 0.4) is 0 Å². The number of ether oxygens (including phenoxy) is 1. The Balaban J connectivity index is 1.81. The van der Waals surface area contributed by atoms with E-state index in [0.29, 0.717) is 0 Å². The second-order valence-electron chi connectivity index (χ2n) is 8.15. The van der Waals surface area contributed by atoms with Gasteiger partial charge in [0, 0.05) is 24.0 Å². The smallest absolute Gasteiger partial charge is 0.213 e. The molecule has 0 aliphatic carbocycles. The molecule has 1 fully saturated rings. The van der Waals surface area contributed by atoms with Gasteiger partial charge in [-0.25, -0.2) is 9.38 Å². The lowest BCUT2D eigenvalue weighted by Crippen LogP contribution is -2.46. The van der Waals surface area contributed by atoms with Crippen LogP contribution >= 0.6 is 0 Å². The lowest BCUT2D eigenvalue weighted by atomic mass is 10.1. The Bertz CT molecular complexity index is 1200. The molecule has 2 atom stereocenters. The quantitative estimate of drug-likeness (QED) is 0.517. The minimum atomic E-state index is 0.142. The van der Waals surface area contributed by atoms with E-state index in [1.54, 1.807) is 0 Å². The summed E-state index contributed by atoms with van der Waals surface area (Å²) in [7, 11) is 0. The molecule has 0 N–H and O–H groups in total. The summed E-state index contributed by atoms with van der Waals surface area (Å²) >= 11 is 0. The van der Waals surface area contributed by atoms with Crippen LogP contribution in [-0.4, -0.2) is 44.9 Å². The van der Waals surface area contributed by atoms with Crippen LogP contribution < -0.4 is 4.90 Å². The predicted octanol–water partition coefficient (Wildman–Crippen LogP) is 4.17. The summed E-state index contributed by atoms with van der Waals surface area (Å²) in [6, 6.07) is 14.7. The Morgan fingerprint density at radius 1 is 0.931 bits per heavy atom. The number of hydrogen-bond acceptors (Lipinski definition) is 5. The largest absolute Gasteiger partial charge is 0.372 e. The molecule has 29 heavy (non-hydrogen) atoms. The first-order valence-corrected chi connectivity index (χ1v) is 10.1. The predicted molar refractivity (Wildman–Crippen MR) is 115 cm³/mol. The average Bonchev–Trinajstić information content (AvgIpc) is 3.12. The Kier molecular flexibility index (Phi) is 4.24. The minimum Gasteiger partial charge on any atom is -0.372 e. The maximum absolute atomic E-state index is 5.96. The molecule has 1 saturated heterocycles. The Morgan fingerprint density at radius 2 is 1.69 bits per heavy atom. The summed E-state index contributed by atoms with van der Waals surface area (Å²) in [5.41, 5.74) is 5.20. The third kappa shape index (κ3) is 3.13. The summed E-state index contributed by atoms with van der Waals surface area (Å²) in [5.74, 6) is 1.70. The van der Waals surface area contributed by atoms with Gasteiger partial charge in [-0.3, -0.25) is 0 Å². The molecule has 0 spiro atoms. The Hall–Kier alpha value is -2.99. The van der Waals surface area contributed by atoms with Crippen molar-refractivity contribution in [2.45, 2.75) is 39.9 Å². The van der Waals surface area contributed by atoms with Gasteiger partial charge < -0.3 is 9.64 Å². The van der Waals surface area contributed by atoms with E-state index in [-0.39, 0.29) is 12.2 Å². The van der Waals surface area contributed by atoms with Gasteiger partial charge in [-0.15, -0.1) is 10.2 Å². The van der Waals surface area contributed by atoms with E-state index in [4.69, 9.17) is 9.72 Å². The van der Waals surface area contributed by atoms with Crippen LogP contribution in [-0.2, 0) is 4.74 Å². The SMILES string of the molecule is Cc1cccc(-c2nnc3c4cc(C)ccc4nc(N4C[C@H](C)O[C@@H](C)C4)n23)c1. The molecule has 0 radical (unpaired) electrons. The number of aryl methyl sites for hydroxylation is 2. The number of morpholine rings is 1. The molecule has 6 nitrogen and oxygen atoms in total. The minimum absolute atomic E-state index is 0.142. The van der Waals surface area contributed by atoms with Gasteiger partial charge in [-0.05, 0) is 45.9 Å². The van der Waals surface area contributed by atoms with Crippen LogP contribution in [0.5, 0.6) is 0 Å². The molecule has 2 aromatic carbocycles. The average molecular weight is 387 g/mol. The number of anilines is 1. The van der Waals surface area contributed by atoms with E-state index in [2.05, 4.69) is 89.7 Å². The molecule has 148 valence electrons. The van der Waals surface area contributed by atoms with Crippen LogP contribution in [0.15, 0.2) is 42.5 Å². The monoisotopic (exact) mass is 387 g/mol. The van der Waals surface area contributed by atoms with Crippen LogP contribution in [0.25, 0.3) is 27.9 Å². The second kappa shape index (κ2) is 6.81. The lowest BCUT2D eigenvalue weighted by molar-refractivity contribution is -0.00576. The van der Waals surface area contributed by atoms with E-state index >= 15 is 0 Å². The number of rotatable bonds is 2. The van der Waals surface area contributed by atoms with Crippen molar-refractivity contribution in [3.8, 4) is 11.4 Å². The summed E-state index contributed by atoms with van der Waals surface area (Å²) in [4.78, 5) is 7.37. The highest BCUT2D eigenvalue weighted by molar-refractivity contribution is 5.94. The maximum atomic E-state index is 5.96. The molecule has 6 heteroatoms. The summed E-state index contributed by atoms with van der Waals surface area (Å²) < 4.78 is 8.07. The van der Waals surface area contributed by atoms with Crippen molar-refractivity contribution in [2.24, 2.45) is 0 Å². The lowest BCUT2D eigenvalue weighted by Gasteiger charge is -2.36. The Labute approximate surface area is 170 Å². The zero-order valence-corrected chi connectivity index (χ0v) is 17.3. The highest BCUT2D eigenvalue weighted by atomic mass is 16.5. The fourth-order valence-electron chi connectivity index (χ4n) is 4.26. The van der Waals surface area contributed by atoms with Gasteiger partial charge in [-0.2, -0.15) is 0 Å². The Morgan fingerprint density at radius 3 is 2.45 bits per heavy atom. The zero-order chi connectivity index (χ0) is 20.1. The van der Waals surface area contributed by atoms with Crippen LogP contribution in [0.2, 0.25) is 0 Å². The molecule has 5 rings (SSSR count). The highest BCUT2D eigenvalue weighted by Gasteiger charge is 2.27. The standard InChI is InChI=1S/C23H25N5O/c1-14-6-5-7-18(10-14)21-25-26-22-19-11-15(2)8-9-20(19)24-23(28(21)22)27-12-16(3)29-17(4)13-27/h5-11,16-17H,12-13H2,1-4H3/t16-,17-/m0/s1. The van der Waals surface area contributed by atoms with Gasteiger partial charge in [0.2, 0.25) is 5.95 Å². The molecule has 1 aliphatic rings. The van der Waals surface area contributed by atoms with Crippen LogP contribution in [0.1, 0.15) is 25.0 Å². The molecule has 2 aromatic heterocycles. The maximum Gasteiger partial charge on any atom is 0.213 e. The van der Waals surface area contributed by atoms with Crippen molar-refractivity contribution in [1.29, 1.82) is 0 Å². The number of aromatic nitrogens is 4. The molecule has 0 unspecified atom stereocenters. The number of fused-ring (bicyclic) bond motifs is 3. The third-order valence-corrected chi connectivity index (χ3v) is 5.46. The van der Waals surface area contributed by atoms with E-state index in [1.165, 1.54) is 11.1 Å². The zero-order valence-electron chi connectivity index (χ0n) is 17.3. The fraction of sp³-hybridized carbons (Fsp3) is 0.348. The third-order valence-electron chi connectivity index (χ3n) is 5.46. The highest BCUT2D eigenvalue weighted by Crippen LogP contribution is 2.30. The summed E-state index contributed by atoms with van der Waals surface area (Å²) in [5, 5.41) is 10.2. The number of benzene rings is 2. The van der Waals surface area contributed by atoms with Crippen LogP contribution in [0.4, 0.5) is 5.95 Å². The van der Waals surface area contributed by atoms with Crippen molar-refractivity contribution in [3.05, 3.63) is 53.6 Å². The van der Waals surface area contributed by atoms with Crippen molar-refractivity contribution in [2.75, 3.05) is 18.0 Å². The molecule has 4 aromatic rings. The van der Waals surface area contributed by atoms with Gasteiger partial charge in [-0.1, -0.05) is 35.4 Å². The van der Waals surface area contributed by atoms with Gasteiger partial charge in [0.05, 0.1) is 17.7 Å². The summed E-state index contributed by atoms with van der Waals surface area (Å²) in [6.45, 7) is 9.98. The van der Waals surface area contributed by atoms with Crippen LogP contribution in [0, 0.1) is 13.8 Å². The van der Waals surface area contributed by atoms with E-state index in [0.717, 1.165) is 47.0 Å². The first-order chi connectivity index (χ1) is 14.0. The van der Waals surface area contributed by atoms with E-state index in [1.807, 2.05) is 0 Å². The first kappa shape index (κ1) is 18.1. The number of nitrogens with zero attached hydrogens (tertiary/aromatic N) is 5. The molecular formula is C23H25N5O. The van der Waals surface area contributed by atoms with Crippen molar-refractivity contribution < 1.29 is 4.74 Å². The number of hydrogen-bond donors (Lipinski definition) is 0. The normalized spacial score (nSPS) is 19.9. The van der Waals surface area contributed by atoms with Gasteiger partial charge >= 0.3 is 0 Å². The van der Waals surface area contributed by atoms with Gasteiger partial charge in [0.15, 0.2) is 11.5 Å². The van der Waals surface area contributed by atoms with E-state index in [9.17, 15) is 0 Å². The van der Waals surface area contributed by atoms with E-state index < -0.39 is 0 Å². The van der Waals surface area contributed by atoms with Gasteiger partial charge in [0.25, 0.3) is 0 Å². The fourth-order valence-corrected chi connectivity index (χ4v) is 4.26. The molecular weight excluding hydrogens is 362 g/mol. The topological polar surface area (TPSA) is 55.5 Å². The summed E-state index contributed by atoms with van der Waals surface area (Å²) in [6.07, 6.45) is 0.284. The molecule has 0 bridgehead atoms. The molecule has 0 amide bonds. The molecule has 1 aliphatic heterocycles.